The number of nitro groups is 1. The second kappa shape index (κ2) is 8.39. The van der Waals surface area contributed by atoms with Gasteiger partial charge in [-0.3, -0.25) is 29.4 Å². The topological polar surface area (TPSA) is 119 Å². The second-order valence-corrected chi connectivity index (χ2v) is 7.16. The Balaban J connectivity index is 1.60. The molecule has 9 nitrogen and oxygen atoms in total. The molecule has 1 aliphatic heterocycles. The number of rotatable bonds is 7. The maximum absolute atomic E-state index is 12.4. The van der Waals surface area contributed by atoms with Crippen LogP contribution in [0.3, 0.4) is 0 Å². The molecule has 3 amide bonds. The van der Waals surface area contributed by atoms with Crippen molar-refractivity contribution in [3.8, 4) is 5.75 Å². The molecule has 0 bridgehead atoms. The third-order valence-electron chi connectivity index (χ3n) is 4.39. The first kappa shape index (κ1) is 20.5. The van der Waals surface area contributed by atoms with Crippen molar-refractivity contribution in [2.45, 2.75) is 12.8 Å². The third kappa shape index (κ3) is 4.27. The zero-order valence-corrected chi connectivity index (χ0v) is 16.9. The SMILES string of the molecule is COc1ccc([N+](=O)[O-])cc1NC(=O)CCCN1C(=O)c2ccc(Br)cc2C1=O. The fraction of sp³-hybridized carbons (Fsp3) is 0.211. The van der Waals surface area contributed by atoms with E-state index in [1.54, 1.807) is 18.2 Å². The summed E-state index contributed by atoms with van der Waals surface area (Å²) >= 11 is 3.27. The van der Waals surface area contributed by atoms with E-state index in [0.717, 1.165) is 4.90 Å². The van der Waals surface area contributed by atoms with Crippen molar-refractivity contribution in [2.75, 3.05) is 19.0 Å². The number of imide groups is 1. The molecule has 0 spiro atoms. The Labute approximate surface area is 173 Å². The van der Waals surface area contributed by atoms with E-state index < -0.39 is 22.6 Å². The second-order valence-electron chi connectivity index (χ2n) is 6.25. The predicted octanol–water partition coefficient (Wildman–Crippen LogP) is 3.38. The molecule has 0 fully saturated rings. The van der Waals surface area contributed by atoms with E-state index in [1.807, 2.05) is 0 Å². The van der Waals surface area contributed by atoms with Crippen LogP contribution in [0, 0.1) is 10.1 Å². The Bertz CT molecular complexity index is 1020. The fourth-order valence-electron chi connectivity index (χ4n) is 2.98. The molecule has 29 heavy (non-hydrogen) atoms. The average molecular weight is 462 g/mol. The van der Waals surface area contributed by atoms with Crippen LogP contribution in [0.5, 0.6) is 5.75 Å². The lowest BCUT2D eigenvalue weighted by atomic mass is 10.1. The molecule has 0 aromatic heterocycles. The summed E-state index contributed by atoms with van der Waals surface area (Å²) in [7, 11) is 1.39. The minimum atomic E-state index is -0.574. The number of amides is 3. The van der Waals surface area contributed by atoms with E-state index >= 15 is 0 Å². The van der Waals surface area contributed by atoms with Crippen LogP contribution < -0.4 is 10.1 Å². The highest BCUT2D eigenvalue weighted by molar-refractivity contribution is 9.10. The van der Waals surface area contributed by atoms with Crippen LogP contribution in [-0.2, 0) is 4.79 Å². The molecule has 2 aromatic carbocycles. The van der Waals surface area contributed by atoms with Crippen molar-refractivity contribution in [1.82, 2.24) is 4.90 Å². The van der Waals surface area contributed by atoms with E-state index in [2.05, 4.69) is 21.2 Å². The Kier molecular flexibility index (Phi) is 5.92. The van der Waals surface area contributed by atoms with Gasteiger partial charge in [0.25, 0.3) is 17.5 Å². The van der Waals surface area contributed by atoms with Gasteiger partial charge in [-0.15, -0.1) is 0 Å². The lowest BCUT2D eigenvalue weighted by Crippen LogP contribution is -2.31. The number of halogens is 1. The number of anilines is 1. The number of non-ortho nitro benzene ring substituents is 1. The van der Waals surface area contributed by atoms with Crippen molar-refractivity contribution < 1.29 is 24.0 Å². The normalized spacial score (nSPS) is 12.7. The van der Waals surface area contributed by atoms with Gasteiger partial charge in [0.1, 0.15) is 5.75 Å². The predicted molar refractivity (Wildman–Crippen MR) is 107 cm³/mol. The highest BCUT2D eigenvalue weighted by atomic mass is 79.9. The molecule has 1 aliphatic rings. The molecule has 0 radical (unpaired) electrons. The molecule has 0 aliphatic carbocycles. The zero-order valence-electron chi connectivity index (χ0n) is 15.3. The number of carbonyl (C=O) groups is 3. The average Bonchev–Trinajstić information content (AvgIpc) is 2.92. The van der Waals surface area contributed by atoms with Crippen LogP contribution in [0.15, 0.2) is 40.9 Å². The first-order chi connectivity index (χ1) is 13.8. The molecule has 0 saturated heterocycles. The number of ether oxygens (including phenoxy) is 1. The number of nitro benzene ring substituents is 1. The standard InChI is InChI=1S/C19H16BrN3O6/c1-29-16-7-5-12(23(27)28)10-15(16)21-17(24)3-2-8-22-18(25)13-6-4-11(20)9-14(13)19(22)26/h4-7,9-10H,2-3,8H2,1H3,(H,21,24). The number of methoxy groups -OCH3 is 1. The molecule has 10 heteroatoms. The Morgan fingerprint density at radius 2 is 1.90 bits per heavy atom. The molecular weight excluding hydrogens is 446 g/mol. The van der Waals surface area contributed by atoms with Gasteiger partial charge in [-0.2, -0.15) is 0 Å². The number of hydrogen-bond acceptors (Lipinski definition) is 6. The molecule has 1 N–H and O–H groups in total. The van der Waals surface area contributed by atoms with Crippen molar-refractivity contribution in [3.63, 3.8) is 0 Å². The van der Waals surface area contributed by atoms with Gasteiger partial charge in [0.2, 0.25) is 5.91 Å². The number of benzene rings is 2. The number of fused-ring (bicyclic) bond motifs is 1. The highest BCUT2D eigenvalue weighted by Crippen LogP contribution is 2.29. The van der Waals surface area contributed by atoms with E-state index in [-0.39, 0.29) is 36.5 Å². The Morgan fingerprint density at radius 1 is 1.17 bits per heavy atom. The molecule has 3 rings (SSSR count). The quantitative estimate of drug-likeness (QED) is 0.383. The third-order valence-corrected chi connectivity index (χ3v) is 4.88. The molecule has 1 heterocycles. The van der Waals surface area contributed by atoms with Crippen molar-refractivity contribution in [3.05, 3.63) is 62.1 Å². The van der Waals surface area contributed by atoms with Crippen LogP contribution in [0.4, 0.5) is 11.4 Å². The summed E-state index contributed by atoms with van der Waals surface area (Å²) in [5, 5.41) is 13.5. The maximum atomic E-state index is 12.4. The minimum absolute atomic E-state index is 0.0168. The molecule has 0 unspecified atom stereocenters. The van der Waals surface area contributed by atoms with Gasteiger partial charge >= 0.3 is 0 Å². The molecule has 2 aromatic rings. The number of nitrogens with zero attached hydrogens (tertiary/aromatic N) is 2. The zero-order chi connectivity index (χ0) is 21.1. The smallest absolute Gasteiger partial charge is 0.271 e. The van der Waals surface area contributed by atoms with Gasteiger partial charge in [-0.05, 0) is 30.7 Å². The molecule has 0 atom stereocenters. The van der Waals surface area contributed by atoms with Gasteiger partial charge in [0.05, 0.1) is 28.8 Å². The summed E-state index contributed by atoms with van der Waals surface area (Å²) < 4.78 is 5.80. The van der Waals surface area contributed by atoms with Crippen LogP contribution in [0.2, 0.25) is 0 Å². The van der Waals surface area contributed by atoms with Crippen molar-refractivity contribution in [2.24, 2.45) is 0 Å². The number of nitrogens with one attached hydrogen (secondary N) is 1. The van der Waals surface area contributed by atoms with Gasteiger partial charge in [0, 0.05) is 29.6 Å². The summed E-state index contributed by atoms with van der Waals surface area (Å²) in [5.41, 5.74) is 0.662. The summed E-state index contributed by atoms with van der Waals surface area (Å²) in [6.45, 7) is 0.0868. The monoisotopic (exact) mass is 461 g/mol. The van der Waals surface area contributed by atoms with E-state index in [4.69, 9.17) is 4.74 Å². The first-order valence-electron chi connectivity index (χ1n) is 8.60. The van der Waals surface area contributed by atoms with Crippen LogP contribution in [0.25, 0.3) is 0 Å². The van der Waals surface area contributed by atoms with Gasteiger partial charge < -0.3 is 10.1 Å². The van der Waals surface area contributed by atoms with Crippen molar-refractivity contribution in [1.29, 1.82) is 0 Å². The minimum Gasteiger partial charge on any atom is -0.495 e. The lowest BCUT2D eigenvalue weighted by molar-refractivity contribution is -0.384. The number of carbonyl (C=O) groups excluding carboxylic acids is 3. The van der Waals surface area contributed by atoms with Gasteiger partial charge in [-0.1, -0.05) is 15.9 Å². The van der Waals surface area contributed by atoms with Gasteiger partial charge in [0.15, 0.2) is 0 Å². The molecular formula is C19H16BrN3O6. The largest absolute Gasteiger partial charge is 0.495 e. The Hall–Kier alpha value is -3.27. The van der Waals surface area contributed by atoms with E-state index in [0.29, 0.717) is 15.6 Å². The highest BCUT2D eigenvalue weighted by Gasteiger charge is 2.35. The summed E-state index contributed by atoms with van der Waals surface area (Å²) in [4.78, 5) is 48.5. The summed E-state index contributed by atoms with van der Waals surface area (Å²) in [6.07, 6.45) is 0.263. The number of hydrogen-bond donors (Lipinski definition) is 1. The fourth-order valence-corrected chi connectivity index (χ4v) is 3.34. The Morgan fingerprint density at radius 3 is 2.59 bits per heavy atom. The summed E-state index contributed by atoms with van der Waals surface area (Å²) in [5.74, 6) is -0.914. The van der Waals surface area contributed by atoms with Crippen LogP contribution in [0.1, 0.15) is 33.6 Å². The van der Waals surface area contributed by atoms with E-state index in [1.165, 1.54) is 25.3 Å². The molecule has 150 valence electrons. The lowest BCUT2D eigenvalue weighted by Gasteiger charge is -2.14. The maximum Gasteiger partial charge on any atom is 0.271 e. The van der Waals surface area contributed by atoms with Gasteiger partial charge in [-0.25, -0.2) is 0 Å². The first-order valence-corrected chi connectivity index (χ1v) is 9.39. The van der Waals surface area contributed by atoms with Crippen LogP contribution in [-0.4, -0.2) is 41.2 Å². The van der Waals surface area contributed by atoms with Crippen LogP contribution >= 0.6 is 15.9 Å². The van der Waals surface area contributed by atoms with E-state index in [9.17, 15) is 24.5 Å². The van der Waals surface area contributed by atoms with Crippen molar-refractivity contribution >= 4 is 45.0 Å². The summed E-state index contributed by atoms with van der Waals surface area (Å²) in [6, 6.07) is 8.74. The molecule has 0 saturated carbocycles.